The fraction of sp³-hybridized carbons (Fsp3) is 0.636. The molecule has 0 spiro atoms. The molecule has 0 fully saturated rings. The van der Waals surface area contributed by atoms with Crippen molar-refractivity contribution in [1.29, 1.82) is 0 Å². The average molecular weight is 244 g/mol. The van der Waals surface area contributed by atoms with E-state index in [1.807, 2.05) is 13.8 Å². The van der Waals surface area contributed by atoms with Crippen LogP contribution in [0.2, 0.25) is 0 Å². The minimum atomic E-state index is -0.0687. The largest absolute Gasteiger partial charge is 0.404 e. The van der Waals surface area contributed by atoms with Gasteiger partial charge in [0.1, 0.15) is 0 Å². The van der Waals surface area contributed by atoms with Crippen molar-refractivity contribution in [2.75, 3.05) is 12.3 Å². The van der Waals surface area contributed by atoms with E-state index in [-0.39, 0.29) is 17.6 Å². The summed E-state index contributed by atoms with van der Waals surface area (Å²) >= 11 is 1.19. The first-order chi connectivity index (χ1) is 7.65. The lowest BCUT2D eigenvalue weighted by Crippen LogP contribution is -2.27. The molecule has 0 aliphatic heterocycles. The van der Waals surface area contributed by atoms with Crippen molar-refractivity contribution >= 4 is 22.8 Å². The van der Waals surface area contributed by atoms with Gasteiger partial charge in [0.15, 0.2) is 0 Å². The Hall–Kier alpha value is -0.970. The van der Waals surface area contributed by atoms with Gasteiger partial charge in [0.2, 0.25) is 11.0 Å². The third-order valence-electron chi connectivity index (χ3n) is 1.97. The fourth-order valence-corrected chi connectivity index (χ4v) is 1.63. The number of carbonyl (C=O) groups excluding carboxylic acids is 2. The van der Waals surface area contributed by atoms with Crippen molar-refractivity contribution in [1.82, 2.24) is 5.32 Å². The Morgan fingerprint density at radius 2 is 2.06 bits per heavy atom. The molecule has 0 bridgehead atoms. The van der Waals surface area contributed by atoms with Crippen molar-refractivity contribution < 1.29 is 9.59 Å². The summed E-state index contributed by atoms with van der Waals surface area (Å²) < 4.78 is 0. The summed E-state index contributed by atoms with van der Waals surface area (Å²) in [6.45, 7) is 4.15. The van der Waals surface area contributed by atoms with Crippen molar-refractivity contribution in [3.05, 3.63) is 11.8 Å². The van der Waals surface area contributed by atoms with E-state index < -0.39 is 0 Å². The molecule has 4 nitrogen and oxygen atoms in total. The highest BCUT2D eigenvalue weighted by Gasteiger charge is 2.09. The smallest absolute Gasteiger partial charge is 0.220 e. The molecule has 16 heavy (non-hydrogen) atoms. The number of unbranched alkanes of at least 4 members (excludes halogenated alkanes) is 1. The monoisotopic (exact) mass is 244 g/mol. The molecule has 0 saturated heterocycles. The predicted octanol–water partition coefficient (Wildman–Crippen LogP) is 1.42. The molecule has 0 heterocycles. The van der Waals surface area contributed by atoms with E-state index in [2.05, 4.69) is 5.32 Å². The van der Waals surface area contributed by atoms with Gasteiger partial charge >= 0.3 is 0 Å². The van der Waals surface area contributed by atoms with Gasteiger partial charge < -0.3 is 11.1 Å². The van der Waals surface area contributed by atoms with Crippen LogP contribution in [0.5, 0.6) is 0 Å². The summed E-state index contributed by atoms with van der Waals surface area (Å²) in [7, 11) is 0. The predicted molar refractivity (Wildman–Crippen MR) is 67.9 cm³/mol. The van der Waals surface area contributed by atoms with E-state index in [4.69, 9.17) is 5.73 Å². The van der Waals surface area contributed by atoms with E-state index in [9.17, 15) is 9.59 Å². The fourth-order valence-electron chi connectivity index (χ4n) is 1.04. The van der Waals surface area contributed by atoms with Crippen LogP contribution >= 0.6 is 11.8 Å². The molecule has 1 amide bonds. The molecule has 0 saturated carbocycles. The molecule has 0 aromatic rings. The molecular formula is C11H20N2O2S. The molecule has 0 aromatic heterocycles. The zero-order valence-corrected chi connectivity index (χ0v) is 10.7. The molecule has 0 unspecified atom stereocenters. The lowest BCUT2D eigenvalue weighted by atomic mass is 10.2. The summed E-state index contributed by atoms with van der Waals surface area (Å²) in [5.74, 6) is 0.676. The number of hydrogen-bond acceptors (Lipinski definition) is 4. The lowest BCUT2D eigenvalue weighted by Gasteiger charge is -2.06. The van der Waals surface area contributed by atoms with Crippen molar-refractivity contribution in [2.24, 2.45) is 5.73 Å². The van der Waals surface area contributed by atoms with Crippen molar-refractivity contribution in [3.8, 4) is 0 Å². The topological polar surface area (TPSA) is 72.2 Å². The first-order valence-electron chi connectivity index (χ1n) is 5.50. The van der Waals surface area contributed by atoms with Crippen LogP contribution in [-0.2, 0) is 9.59 Å². The molecule has 0 aliphatic carbocycles. The highest BCUT2D eigenvalue weighted by Crippen LogP contribution is 2.08. The van der Waals surface area contributed by atoms with E-state index in [0.29, 0.717) is 17.7 Å². The lowest BCUT2D eigenvalue weighted by molar-refractivity contribution is -0.121. The van der Waals surface area contributed by atoms with Crippen LogP contribution in [0.4, 0.5) is 0 Å². The van der Waals surface area contributed by atoms with Crippen LogP contribution in [0, 0.1) is 0 Å². The van der Waals surface area contributed by atoms with Gasteiger partial charge in [-0.3, -0.25) is 9.59 Å². The SMILES string of the molecule is CCCCC(=O)NCC(=CN)C(=O)SCC. The molecule has 0 radical (unpaired) electrons. The zero-order valence-electron chi connectivity index (χ0n) is 9.91. The number of rotatable bonds is 7. The Labute approximate surface area is 101 Å². The van der Waals surface area contributed by atoms with Gasteiger partial charge in [0.05, 0.1) is 0 Å². The highest BCUT2D eigenvalue weighted by atomic mass is 32.2. The molecule has 0 aliphatic rings. The van der Waals surface area contributed by atoms with Crippen LogP contribution in [0.3, 0.4) is 0 Å². The Morgan fingerprint density at radius 3 is 2.56 bits per heavy atom. The van der Waals surface area contributed by atoms with E-state index in [1.54, 1.807) is 0 Å². The van der Waals surface area contributed by atoms with Crippen LogP contribution in [-0.4, -0.2) is 23.3 Å². The highest BCUT2D eigenvalue weighted by molar-refractivity contribution is 8.14. The first-order valence-corrected chi connectivity index (χ1v) is 6.48. The summed E-state index contributed by atoms with van der Waals surface area (Å²) in [4.78, 5) is 22.8. The molecule has 5 heteroatoms. The number of nitrogens with two attached hydrogens (primary N) is 1. The molecule has 0 atom stereocenters. The summed E-state index contributed by atoms with van der Waals surface area (Å²) in [5, 5.41) is 2.62. The number of carbonyl (C=O) groups is 2. The minimum Gasteiger partial charge on any atom is -0.404 e. The Balaban J connectivity index is 3.97. The number of hydrogen-bond donors (Lipinski definition) is 2. The van der Waals surface area contributed by atoms with Gasteiger partial charge in [-0.15, -0.1) is 0 Å². The second-order valence-electron chi connectivity index (χ2n) is 3.29. The van der Waals surface area contributed by atoms with Gasteiger partial charge in [0, 0.05) is 24.7 Å². The molecule has 0 aromatic carbocycles. The first kappa shape index (κ1) is 15.0. The Bertz CT molecular complexity index is 265. The minimum absolute atomic E-state index is 0.0319. The molecular weight excluding hydrogens is 224 g/mol. The number of thioether (sulfide) groups is 1. The van der Waals surface area contributed by atoms with Crippen LogP contribution in [0.1, 0.15) is 33.1 Å². The molecule has 0 rings (SSSR count). The zero-order chi connectivity index (χ0) is 12.4. The molecule has 92 valence electrons. The van der Waals surface area contributed by atoms with Crippen LogP contribution in [0.15, 0.2) is 11.8 Å². The molecule has 3 N–H and O–H groups in total. The van der Waals surface area contributed by atoms with Gasteiger partial charge in [-0.05, 0) is 12.2 Å². The Kier molecular flexibility index (Phi) is 8.71. The van der Waals surface area contributed by atoms with Gasteiger partial charge in [-0.2, -0.15) is 0 Å². The van der Waals surface area contributed by atoms with Crippen molar-refractivity contribution in [2.45, 2.75) is 33.1 Å². The van der Waals surface area contributed by atoms with Crippen LogP contribution < -0.4 is 11.1 Å². The standard InChI is InChI=1S/C11H20N2O2S/c1-3-5-6-10(14)13-8-9(7-12)11(15)16-4-2/h7H,3-6,8,12H2,1-2H3,(H,13,14). The quantitative estimate of drug-likeness (QED) is 0.664. The van der Waals surface area contributed by atoms with E-state index in [0.717, 1.165) is 12.8 Å². The normalized spacial score (nSPS) is 11.2. The number of nitrogens with one attached hydrogen (secondary N) is 1. The van der Waals surface area contributed by atoms with Crippen molar-refractivity contribution in [3.63, 3.8) is 0 Å². The van der Waals surface area contributed by atoms with E-state index >= 15 is 0 Å². The maximum absolute atomic E-state index is 11.5. The third kappa shape index (κ3) is 6.50. The van der Waals surface area contributed by atoms with Gasteiger partial charge in [-0.25, -0.2) is 0 Å². The van der Waals surface area contributed by atoms with Gasteiger partial charge in [-0.1, -0.05) is 32.0 Å². The summed E-state index contributed by atoms with van der Waals surface area (Å²) in [6, 6.07) is 0. The van der Waals surface area contributed by atoms with Gasteiger partial charge in [0.25, 0.3) is 0 Å². The summed E-state index contributed by atoms with van der Waals surface area (Å²) in [6.07, 6.45) is 3.62. The van der Waals surface area contributed by atoms with Crippen LogP contribution in [0.25, 0.3) is 0 Å². The maximum Gasteiger partial charge on any atom is 0.220 e. The summed E-state index contributed by atoms with van der Waals surface area (Å²) in [5.41, 5.74) is 5.80. The Morgan fingerprint density at radius 1 is 1.38 bits per heavy atom. The average Bonchev–Trinajstić information content (AvgIpc) is 2.27. The second kappa shape index (κ2) is 9.27. The number of amides is 1. The van der Waals surface area contributed by atoms with E-state index in [1.165, 1.54) is 18.0 Å². The second-order valence-corrected chi connectivity index (χ2v) is 4.53. The third-order valence-corrected chi connectivity index (χ3v) is 2.79. The maximum atomic E-state index is 11.5.